The molecule has 0 fully saturated rings. The average Bonchev–Trinajstić information content (AvgIpc) is 1.57. The van der Waals surface area contributed by atoms with Gasteiger partial charge in [-0.25, -0.2) is 0 Å². The van der Waals surface area contributed by atoms with Gasteiger partial charge in [-0.3, -0.25) is 0 Å². The summed E-state index contributed by atoms with van der Waals surface area (Å²) in [4.78, 5) is 2.45. The van der Waals surface area contributed by atoms with Crippen LogP contribution in [-0.4, -0.2) is 4.57 Å². The van der Waals surface area contributed by atoms with Crippen LogP contribution in [-0.2, 0) is 10.8 Å². The summed E-state index contributed by atoms with van der Waals surface area (Å²) >= 11 is 0. The summed E-state index contributed by atoms with van der Waals surface area (Å²) in [5.74, 6) is 0. The Labute approximate surface area is 491 Å². The lowest BCUT2D eigenvalue weighted by molar-refractivity contribution is 0.563. The molecule has 14 aromatic rings. The van der Waals surface area contributed by atoms with Crippen molar-refractivity contribution in [3.8, 4) is 72.4 Å². The predicted octanol–water partition coefficient (Wildman–Crippen LogP) is 21.6. The van der Waals surface area contributed by atoms with E-state index >= 15 is 0 Å². The summed E-state index contributed by atoms with van der Waals surface area (Å²) in [6, 6.07) is 117. The quantitative estimate of drug-likeness (QED) is 0.140. The van der Waals surface area contributed by atoms with Crippen molar-refractivity contribution in [2.45, 2.75) is 24.7 Å². The highest BCUT2D eigenvalue weighted by molar-refractivity contribution is 6.10. The molecule has 84 heavy (non-hydrogen) atoms. The number of nitrogens with zero attached hydrogens (tertiary/aromatic N) is 2. The van der Waals surface area contributed by atoms with Gasteiger partial charge in [0.2, 0.25) is 0 Å². The highest BCUT2D eigenvalue weighted by atomic mass is 15.1. The van der Waals surface area contributed by atoms with Crippen molar-refractivity contribution in [2.75, 3.05) is 4.90 Å². The van der Waals surface area contributed by atoms with E-state index in [0.717, 1.165) is 33.9 Å². The van der Waals surface area contributed by atoms with Gasteiger partial charge in [-0.15, -0.1) is 0 Å². The second-order valence-corrected chi connectivity index (χ2v) is 23.1. The van der Waals surface area contributed by atoms with Gasteiger partial charge in [0.05, 0.1) is 22.1 Å². The fourth-order valence-corrected chi connectivity index (χ4v) is 14.5. The maximum Gasteiger partial charge on any atom is 0.0719 e. The molecular weight excluding hydrogens is 1010 g/mol. The Kier molecular flexibility index (Phi) is 11.5. The molecule has 13 aromatic carbocycles. The second-order valence-electron chi connectivity index (χ2n) is 23.1. The second kappa shape index (κ2) is 19.6. The molecule has 2 aliphatic carbocycles. The first-order valence-electron chi connectivity index (χ1n) is 29.3. The van der Waals surface area contributed by atoms with Gasteiger partial charge in [-0.1, -0.05) is 269 Å². The first kappa shape index (κ1) is 49.3. The molecule has 2 nitrogen and oxygen atoms in total. The van der Waals surface area contributed by atoms with Gasteiger partial charge in [0.15, 0.2) is 0 Å². The van der Waals surface area contributed by atoms with Crippen LogP contribution in [0.5, 0.6) is 0 Å². The zero-order valence-corrected chi connectivity index (χ0v) is 46.9. The van der Waals surface area contributed by atoms with Crippen LogP contribution in [0.1, 0.15) is 47.2 Å². The number of rotatable bonds is 9. The van der Waals surface area contributed by atoms with Crippen molar-refractivity contribution in [1.82, 2.24) is 4.57 Å². The third-order valence-electron chi connectivity index (χ3n) is 18.3. The van der Waals surface area contributed by atoms with Crippen molar-refractivity contribution in [2.24, 2.45) is 0 Å². The largest absolute Gasteiger partial charge is 0.310 e. The van der Waals surface area contributed by atoms with Gasteiger partial charge in [0, 0.05) is 38.8 Å². The smallest absolute Gasteiger partial charge is 0.0719 e. The summed E-state index contributed by atoms with van der Waals surface area (Å²) in [6.07, 6.45) is 0. The van der Waals surface area contributed by atoms with Crippen molar-refractivity contribution in [1.29, 1.82) is 0 Å². The van der Waals surface area contributed by atoms with Gasteiger partial charge in [0.25, 0.3) is 0 Å². The van der Waals surface area contributed by atoms with Crippen molar-refractivity contribution >= 4 is 38.9 Å². The molecule has 0 amide bonds. The van der Waals surface area contributed by atoms with Crippen molar-refractivity contribution < 1.29 is 0 Å². The molecule has 2 heteroatoms. The molecule has 0 atom stereocenters. The van der Waals surface area contributed by atoms with Crippen LogP contribution in [0.3, 0.4) is 0 Å². The lowest BCUT2D eigenvalue weighted by Gasteiger charge is -2.46. The van der Waals surface area contributed by atoms with E-state index in [9.17, 15) is 0 Å². The van der Waals surface area contributed by atoms with Crippen LogP contribution in [0.25, 0.3) is 94.3 Å². The molecule has 0 unspecified atom stereocenters. The molecule has 396 valence electrons. The third-order valence-corrected chi connectivity index (χ3v) is 18.3. The van der Waals surface area contributed by atoms with Gasteiger partial charge in [-0.2, -0.15) is 0 Å². The normalized spacial score (nSPS) is 13.3. The molecule has 0 saturated heterocycles. The van der Waals surface area contributed by atoms with Gasteiger partial charge >= 0.3 is 0 Å². The molecule has 1 heterocycles. The fraction of sp³-hybridized carbons (Fsp3) is 0.0488. The Morgan fingerprint density at radius 3 is 1.33 bits per heavy atom. The topological polar surface area (TPSA) is 8.17 Å². The van der Waals surface area contributed by atoms with Crippen LogP contribution in [0.4, 0.5) is 17.1 Å². The molecule has 1 aromatic heterocycles. The zero-order chi connectivity index (χ0) is 55.9. The predicted molar refractivity (Wildman–Crippen MR) is 352 cm³/mol. The van der Waals surface area contributed by atoms with Crippen molar-refractivity contribution in [3.63, 3.8) is 0 Å². The highest BCUT2D eigenvalue weighted by Crippen LogP contribution is 2.62. The number of aromatic nitrogens is 1. The van der Waals surface area contributed by atoms with E-state index in [1.54, 1.807) is 0 Å². The van der Waals surface area contributed by atoms with E-state index in [4.69, 9.17) is 0 Å². The highest BCUT2D eigenvalue weighted by Gasteiger charge is 2.53. The van der Waals surface area contributed by atoms with E-state index < -0.39 is 5.41 Å². The van der Waals surface area contributed by atoms with Crippen molar-refractivity contribution in [3.05, 3.63) is 349 Å². The monoisotopic (exact) mass is 1070 g/mol. The maximum atomic E-state index is 2.50. The summed E-state index contributed by atoms with van der Waals surface area (Å²) < 4.78 is 2.40. The molecular formula is C82H58N2. The average molecular weight is 1070 g/mol. The lowest BCUT2D eigenvalue weighted by Crippen LogP contribution is -2.40. The Balaban J connectivity index is 0.844. The zero-order valence-electron chi connectivity index (χ0n) is 46.9. The van der Waals surface area contributed by atoms with Crippen LogP contribution >= 0.6 is 0 Å². The van der Waals surface area contributed by atoms with Gasteiger partial charge in [0.1, 0.15) is 0 Å². The summed E-state index contributed by atoms with van der Waals surface area (Å²) in [7, 11) is 0. The fourth-order valence-electron chi connectivity index (χ4n) is 14.5. The molecule has 16 rings (SSSR count). The van der Waals surface area contributed by atoms with E-state index in [-0.39, 0.29) is 5.41 Å². The van der Waals surface area contributed by atoms with Crippen LogP contribution in [0.15, 0.2) is 315 Å². The minimum absolute atomic E-state index is 0.164. The maximum absolute atomic E-state index is 2.50. The van der Waals surface area contributed by atoms with E-state index in [1.165, 1.54) is 111 Å². The van der Waals surface area contributed by atoms with E-state index in [1.807, 2.05) is 0 Å². The van der Waals surface area contributed by atoms with E-state index in [2.05, 4.69) is 339 Å². The number of benzene rings is 13. The third kappa shape index (κ3) is 7.57. The number of para-hydroxylation sites is 3. The summed E-state index contributed by atoms with van der Waals surface area (Å²) in [6.45, 7) is 4.79. The van der Waals surface area contributed by atoms with Gasteiger partial charge in [-0.05, 0) is 155 Å². The number of hydrogen-bond donors (Lipinski definition) is 0. The molecule has 0 saturated carbocycles. The first-order chi connectivity index (χ1) is 41.4. The molecule has 0 aliphatic heterocycles. The Bertz CT molecular complexity index is 4800. The Morgan fingerprint density at radius 2 is 0.690 bits per heavy atom. The molecule has 0 radical (unpaired) electrons. The number of hydrogen-bond acceptors (Lipinski definition) is 1. The summed E-state index contributed by atoms with van der Waals surface area (Å²) in [5.41, 5.74) is 28.7. The first-order valence-corrected chi connectivity index (χ1v) is 29.3. The van der Waals surface area contributed by atoms with E-state index in [0.29, 0.717) is 0 Å². The number of fused-ring (bicyclic) bond motifs is 12. The lowest BCUT2D eigenvalue weighted by atomic mass is 9.55. The number of anilines is 3. The minimum Gasteiger partial charge on any atom is -0.310 e. The Hall–Kier alpha value is -10.5. The standard InChI is InChI=1S/C82H58N2/c1-81(2)73-35-17-19-37-75(73)82(76-38-20-18-36-74(76)81)72-34-16-13-31-67(72)68-51-45-58(53-77(68)82)55-41-47-61(48-42-55)83(78-39-21-14-32-69(78)66-30-12-11-29-65(66)64-28-10-9-27-63(64)57-23-5-3-6-24-57)62-49-43-56(44-50-62)59-46-52-71-70-33-15-22-40-79(70)84(80(71)54-59)60-25-7-4-8-26-60/h3-54H,1-2H3. The molecule has 1 spiro atoms. The minimum atomic E-state index is -0.471. The molecule has 0 N–H and O–H groups in total. The van der Waals surface area contributed by atoms with Crippen LogP contribution in [0, 0.1) is 0 Å². The molecule has 2 aliphatic rings. The summed E-state index contributed by atoms with van der Waals surface area (Å²) in [5, 5.41) is 2.49. The van der Waals surface area contributed by atoms with Gasteiger partial charge < -0.3 is 9.47 Å². The van der Waals surface area contributed by atoms with Crippen LogP contribution in [0.2, 0.25) is 0 Å². The van der Waals surface area contributed by atoms with Crippen LogP contribution < -0.4 is 4.90 Å². The Morgan fingerprint density at radius 1 is 0.262 bits per heavy atom. The SMILES string of the molecule is CC1(C)c2ccccc2C2(c3ccccc3-c3ccc(-c4ccc(N(c5ccc(-c6ccc7c8ccccc8n(-c8ccccc8)c7c6)cc5)c5ccccc5-c5ccccc5-c5ccccc5-c5ccccc5)cc4)cc32)c2ccccc21. The molecule has 0 bridgehead atoms.